The minimum atomic E-state index is -0.0153. The van der Waals surface area contributed by atoms with Crippen molar-refractivity contribution in [1.29, 1.82) is 0 Å². The van der Waals surface area contributed by atoms with Crippen LogP contribution in [-0.4, -0.2) is 10.1 Å². The summed E-state index contributed by atoms with van der Waals surface area (Å²) in [7, 11) is 0. The highest BCUT2D eigenvalue weighted by molar-refractivity contribution is 5.35. The van der Waals surface area contributed by atoms with Crippen molar-refractivity contribution in [3.8, 4) is 5.75 Å². The van der Waals surface area contributed by atoms with Gasteiger partial charge in [-0.05, 0) is 25.3 Å². The van der Waals surface area contributed by atoms with E-state index < -0.39 is 0 Å². The molecule has 1 aliphatic rings. The zero-order chi connectivity index (χ0) is 13.9. The number of rotatable bonds is 6. The van der Waals surface area contributed by atoms with E-state index in [4.69, 9.17) is 15.0 Å². The third kappa shape index (κ3) is 2.82. The second-order valence-corrected chi connectivity index (χ2v) is 5.16. The van der Waals surface area contributed by atoms with Crippen LogP contribution in [0.15, 0.2) is 28.8 Å². The fourth-order valence-corrected chi connectivity index (χ4v) is 2.10. The molecule has 0 radical (unpaired) electrons. The lowest BCUT2D eigenvalue weighted by Gasteiger charge is -2.14. The summed E-state index contributed by atoms with van der Waals surface area (Å²) in [5.41, 5.74) is 7.10. The molecule has 0 spiro atoms. The Balaban J connectivity index is 1.67. The summed E-state index contributed by atoms with van der Waals surface area (Å²) in [6, 6.07) is 7.81. The number of hydrogen-bond acceptors (Lipinski definition) is 5. The number of hydrogen-bond donors (Lipinski definition) is 1. The summed E-state index contributed by atoms with van der Waals surface area (Å²) in [6.07, 6.45) is 3.17. The normalized spacial score (nSPS) is 16.1. The third-order valence-electron chi connectivity index (χ3n) is 3.53. The van der Waals surface area contributed by atoms with E-state index in [1.54, 1.807) is 0 Å². The molecular formula is C15H19N3O2. The van der Waals surface area contributed by atoms with Gasteiger partial charge in [-0.1, -0.05) is 30.3 Å². The number of aromatic nitrogens is 2. The molecule has 5 nitrogen and oxygen atoms in total. The fourth-order valence-electron chi connectivity index (χ4n) is 2.10. The molecule has 2 aromatic rings. The molecule has 0 saturated heterocycles. The quantitative estimate of drug-likeness (QED) is 0.875. The zero-order valence-electron chi connectivity index (χ0n) is 11.6. The van der Waals surface area contributed by atoms with Gasteiger partial charge in [-0.3, -0.25) is 0 Å². The maximum absolute atomic E-state index is 6.09. The predicted molar refractivity (Wildman–Crippen MR) is 74.3 cm³/mol. The highest BCUT2D eigenvalue weighted by atomic mass is 16.5. The van der Waals surface area contributed by atoms with Crippen LogP contribution < -0.4 is 10.5 Å². The van der Waals surface area contributed by atoms with E-state index in [2.05, 4.69) is 17.1 Å². The minimum absolute atomic E-state index is 0.0153. The van der Waals surface area contributed by atoms with Gasteiger partial charge < -0.3 is 15.0 Å². The molecule has 0 bridgehead atoms. The van der Waals surface area contributed by atoms with Gasteiger partial charge in [0.25, 0.3) is 0 Å². The summed E-state index contributed by atoms with van der Waals surface area (Å²) in [5, 5.41) is 3.94. The SMILES string of the molecule is CCC(N)c1ccccc1OCc1noc(C2CC2)n1. The van der Waals surface area contributed by atoms with Crippen LogP contribution >= 0.6 is 0 Å². The maximum Gasteiger partial charge on any atom is 0.229 e. The van der Waals surface area contributed by atoms with Gasteiger partial charge in [0.2, 0.25) is 11.7 Å². The molecule has 20 heavy (non-hydrogen) atoms. The molecule has 3 rings (SSSR count). The van der Waals surface area contributed by atoms with Gasteiger partial charge in [0.1, 0.15) is 5.75 Å². The van der Waals surface area contributed by atoms with E-state index in [0.29, 0.717) is 18.3 Å². The van der Waals surface area contributed by atoms with Crippen molar-refractivity contribution in [3.05, 3.63) is 41.5 Å². The molecule has 0 amide bonds. The first kappa shape index (κ1) is 13.1. The summed E-state index contributed by atoms with van der Waals surface area (Å²) in [6.45, 7) is 2.37. The van der Waals surface area contributed by atoms with E-state index in [9.17, 15) is 0 Å². The van der Waals surface area contributed by atoms with E-state index in [-0.39, 0.29) is 6.04 Å². The van der Waals surface area contributed by atoms with Gasteiger partial charge >= 0.3 is 0 Å². The van der Waals surface area contributed by atoms with E-state index >= 15 is 0 Å². The predicted octanol–water partition coefficient (Wildman–Crippen LogP) is 2.94. The van der Waals surface area contributed by atoms with Crippen LogP contribution in [0.4, 0.5) is 0 Å². The molecule has 1 aromatic carbocycles. The molecule has 2 N–H and O–H groups in total. The standard InChI is InChI=1S/C15H19N3O2/c1-2-12(16)11-5-3-4-6-13(11)19-9-14-17-15(20-18-14)10-7-8-10/h3-6,10,12H,2,7-9,16H2,1H3. The lowest BCUT2D eigenvalue weighted by atomic mass is 10.0. The number of nitrogens with two attached hydrogens (primary N) is 1. The molecule has 1 saturated carbocycles. The van der Waals surface area contributed by atoms with Crippen molar-refractivity contribution >= 4 is 0 Å². The van der Waals surface area contributed by atoms with Crippen molar-refractivity contribution in [1.82, 2.24) is 10.1 Å². The average molecular weight is 273 g/mol. The van der Waals surface area contributed by atoms with Crippen LogP contribution in [0.1, 0.15) is 55.4 Å². The van der Waals surface area contributed by atoms with Gasteiger partial charge in [-0.15, -0.1) is 0 Å². The first-order valence-corrected chi connectivity index (χ1v) is 7.07. The van der Waals surface area contributed by atoms with Crippen molar-refractivity contribution in [2.75, 3.05) is 0 Å². The Morgan fingerprint density at radius 3 is 2.95 bits per heavy atom. The van der Waals surface area contributed by atoms with Crippen LogP contribution in [0.3, 0.4) is 0 Å². The van der Waals surface area contributed by atoms with Crippen LogP contribution in [0.5, 0.6) is 5.75 Å². The molecule has 1 aromatic heterocycles. The van der Waals surface area contributed by atoms with Crippen molar-refractivity contribution in [2.45, 2.75) is 44.8 Å². The second-order valence-electron chi connectivity index (χ2n) is 5.16. The summed E-state index contributed by atoms with van der Waals surface area (Å²) >= 11 is 0. The smallest absolute Gasteiger partial charge is 0.229 e. The molecule has 106 valence electrons. The van der Waals surface area contributed by atoms with Crippen molar-refractivity contribution in [3.63, 3.8) is 0 Å². The highest BCUT2D eigenvalue weighted by Gasteiger charge is 2.29. The Kier molecular flexibility index (Phi) is 3.69. The molecule has 5 heteroatoms. The van der Waals surface area contributed by atoms with Gasteiger partial charge in [0, 0.05) is 17.5 Å². The first-order chi connectivity index (χ1) is 9.78. The van der Waals surface area contributed by atoms with E-state index in [0.717, 1.165) is 36.5 Å². The molecular weight excluding hydrogens is 254 g/mol. The summed E-state index contributed by atoms with van der Waals surface area (Å²) < 4.78 is 11.0. The Morgan fingerprint density at radius 1 is 1.40 bits per heavy atom. The van der Waals surface area contributed by atoms with E-state index in [1.165, 1.54) is 0 Å². The van der Waals surface area contributed by atoms with Gasteiger partial charge in [0.15, 0.2) is 6.61 Å². The van der Waals surface area contributed by atoms with Crippen molar-refractivity contribution in [2.24, 2.45) is 5.73 Å². The number of benzene rings is 1. The number of para-hydroxylation sites is 1. The molecule has 1 aliphatic carbocycles. The zero-order valence-corrected chi connectivity index (χ0v) is 11.6. The van der Waals surface area contributed by atoms with Crippen LogP contribution in [0, 0.1) is 0 Å². The van der Waals surface area contributed by atoms with Crippen LogP contribution in [0.2, 0.25) is 0 Å². The summed E-state index contributed by atoms with van der Waals surface area (Å²) in [4.78, 5) is 4.35. The minimum Gasteiger partial charge on any atom is -0.485 e. The third-order valence-corrected chi connectivity index (χ3v) is 3.53. The highest BCUT2D eigenvalue weighted by Crippen LogP contribution is 2.38. The number of nitrogens with zero attached hydrogens (tertiary/aromatic N) is 2. The summed E-state index contributed by atoms with van der Waals surface area (Å²) in [5.74, 6) is 2.59. The Hall–Kier alpha value is -1.88. The lowest BCUT2D eigenvalue weighted by molar-refractivity contribution is 0.281. The van der Waals surface area contributed by atoms with E-state index in [1.807, 2.05) is 24.3 Å². The van der Waals surface area contributed by atoms with Crippen LogP contribution in [-0.2, 0) is 6.61 Å². The topological polar surface area (TPSA) is 74.2 Å². The molecule has 0 aliphatic heterocycles. The largest absolute Gasteiger partial charge is 0.485 e. The van der Waals surface area contributed by atoms with Gasteiger partial charge in [-0.25, -0.2) is 0 Å². The Morgan fingerprint density at radius 2 is 2.20 bits per heavy atom. The van der Waals surface area contributed by atoms with Crippen LogP contribution in [0.25, 0.3) is 0 Å². The molecule has 1 heterocycles. The molecule has 1 fully saturated rings. The first-order valence-electron chi connectivity index (χ1n) is 7.07. The number of ether oxygens (including phenoxy) is 1. The Bertz CT molecular complexity index is 578. The Labute approximate surface area is 118 Å². The van der Waals surface area contributed by atoms with Gasteiger partial charge in [0.05, 0.1) is 0 Å². The maximum atomic E-state index is 6.09. The lowest BCUT2D eigenvalue weighted by Crippen LogP contribution is -2.11. The monoisotopic (exact) mass is 273 g/mol. The van der Waals surface area contributed by atoms with Crippen molar-refractivity contribution < 1.29 is 9.26 Å². The second kappa shape index (κ2) is 5.63. The van der Waals surface area contributed by atoms with Gasteiger partial charge in [-0.2, -0.15) is 4.98 Å². The molecule has 1 atom stereocenters. The average Bonchev–Trinajstić information content (AvgIpc) is 3.24. The molecule has 1 unspecified atom stereocenters. The fraction of sp³-hybridized carbons (Fsp3) is 0.467.